The molecule has 3 aromatic carbocycles. The van der Waals surface area contributed by atoms with Crippen molar-refractivity contribution in [1.82, 2.24) is 30.6 Å². The number of benzene rings is 3. The summed E-state index contributed by atoms with van der Waals surface area (Å²) < 4.78 is 0. The average molecular weight is 569 g/mol. The van der Waals surface area contributed by atoms with Crippen LogP contribution in [-0.4, -0.2) is 32.5 Å². The van der Waals surface area contributed by atoms with Crippen molar-refractivity contribution in [2.45, 2.75) is 82.3 Å². The summed E-state index contributed by atoms with van der Waals surface area (Å²) in [6.07, 6.45) is 9.40. The van der Waals surface area contributed by atoms with Crippen LogP contribution in [0, 0.1) is 5.92 Å². The average Bonchev–Trinajstić information content (AvgIpc) is 3.87. The first-order chi connectivity index (χ1) is 21.1. The first-order valence-corrected chi connectivity index (χ1v) is 16.4. The fourth-order valence-electron chi connectivity index (χ4n) is 8.64. The van der Waals surface area contributed by atoms with E-state index in [0.29, 0.717) is 35.9 Å². The van der Waals surface area contributed by atoms with Crippen molar-refractivity contribution in [2.24, 2.45) is 5.92 Å². The summed E-state index contributed by atoms with van der Waals surface area (Å²) in [6.45, 7) is 5.63. The van der Waals surface area contributed by atoms with E-state index in [0.717, 1.165) is 47.8 Å². The number of nitrogens with one attached hydrogen (secondary N) is 4. The van der Waals surface area contributed by atoms with Crippen LogP contribution in [-0.2, 0) is 0 Å². The van der Waals surface area contributed by atoms with Crippen LogP contribution in [0.4, 0.5) is 0 Å². The van der Waals surface area contributed by atoms with Gasteiger partial charge in [-0.2, -0.15) is 0 Å². The van der Waals surface area contributed by atoms with E-state index < -0.39 is 0 Å². The molecule has 43 heavy (non-hydrogen) atoms. The molecule has 9 rings (SSSR count). The molecule has 2 unspecified atom stereocenters. The lowest BCUT2D eigenvalue weighted by atomic mass is 9.81. The fourth-order valence-corrected chi connectivity index (χ4v) is 8.64. The Morgan fingerprint density at radius 3 is 2.16 bits per heavy atom. The van der Waals surface area contributed by atoms with Gasteiger partial charge in [0, 0.05) is 6.04 Å². The van der Waals surface area contributed by atoms with Gasteiger partial charge in [-0.3, -0.25) is 0 Å². The zero-order valence-electron chi connectivity index (χ0n) is 25.1. The number of aromatic nitrogens is 4. The molecule has 1 saturated carbocycles. The first-order valence-electron chi connectivity index (χ1n) is 16.4. The number of rotatable bonds is 5. The number of fused-ring (bicyclic) bond motifs is 6. The van der Waals surface area contributed by atoms with Gasteiger partial charge in [0.1, 0.15) is 11.6 Å². The van der Waals surface area contributed by atoms with Crippen LogP contribution >= 0.6 is 0 Å². The summed E-state index contributed by atoms with van der Waals surface area (Å²) >= 11 is 0. The van der Waals surface area contributed by atoms with E-state index in [2.05, 4.69) is 89.0 Å². The normalized spacial score (nSPS) is 27.9. The highest BCUT2D eigenvalue weighted by Gasteiger charge is 2.40. The molecular weight excluding hydrogens is 528 g/mol. The standard InChI is InChI=1S/C37H40N6/c1-20-15-32(38-18-20)36-39-19-33(43-36)23-6-4-22(5-7-23)27-11-12-28(35-26-9-8-25(16-26)34(27)35)24-10-14-29-31(17-24)42-37(41-29)30-13-3-21(2)40-30/h4-7,10-12,14,17,19-21,25-26,30,32,38,40H,3,8-9,13,15-16,18H2,1-2H3,(H,39,43)(H,41,42)/t20-,21-,25?,26?,30-,32-/m0/s1. The quantitative estimate of drug-likeness (QED) is 0.173. The maximum atomic E-state index is 4.95. The monoisotopic (exact) mass is 568 g/mol. The highest BCUT2D eigenvalue weighted by atomic mass is 15.1. The van der Waals surface area contributed by atoms with Gasteiger partial charge in [0.15, 0.2) is 0 Å². The Hall–Kier alpha value is -3.74. The van der Waals surface area contributed by atoms with Gasteiger partial charge in [-0.25, -0.2) is 9.97 Å². The molecule has 0 spiro atoms. The largest absolute Gasteiger partial charge is 0.341 e. The maximum absolute atomic E-state index is 4.95. The molecule has 2 bridgehead atoms. The van der Waals surface area contributed by atoms with E-state index in [-0.39, 0.29) is 0 Å². The summed E-state index contributed by atoms with van der Waals surface area (Å²) in [5, 5.41) is 7.27. The molecule has 6 atom stereocenters. The summed E-state index contributed by atoms with van der Waals surface area (Å²) in [5.41, 5.74) is 13.1. The van der Waals surface area contributed by atoms with E-state index >= 15 is 0 Å². The number of nitrogens with zero attached hydrogens (tertiary/aromatic N) is 2. The minimum Gasteiger partial charge on any atom is -0.341 e. The fraction of sp³-hybridized carbons (Fsp3) is 0.405. The lowest BCUT2D eigenvalue weighted by molar-refractivity contribution is 0.565. The van der Waals surface area contributed by atoms with E-state index in [4.69, 9.17) is 9.97 Å². The Balaban J connectivity index is 1.04. The molecule has 6 heteroatoms. The van der Waals surface area contributed by atoms with Crippen molar-refractivity contribution >= 4 is 11.0 Å². The van der Waals surface area contributed by atoms with Gasteiger partial charge in [-0.15, -0.1) is 0 Å². The smallest absolute Gasteiger partial charge is 0.124 e. The van der Waals surface area contributed by atoms with E-state index in [1.807, 2.05) is 6.20 Å². The molecule has 2 aliphatic carbocycles. The molecule has 2 saturated heterocycles. The Morgan fingerprint density at radius 1 is 0.698 bits per heavy atom. The van der Waals surface area contributed by atoms with Gasteiger partial charge < -0.3 is 20.6 Å². The van der Waals surface area contributed by atoms with Crippen LogP contribution in [0.5, 0.6) is 0 Å². The molecule has 4 aliphatic rings. The van der Waals surface area contributed by atoms with E-state index in [1.165, 1.54) is 53.5 Å². The third kappa shape index (κ3) is 4.29. The Kier molecular flexibility index (Phi) is 5.92. The van der Waals surface area contributed by atoms with E-state index in [9.17, 15) is 0 Å². The second kappa shape index (κ2) is 9.90. The SMILES string of the molecule is C[C@@H]1CN[C@H](c2ncc(-c3ccc(-c4ccc(-c5ccc6nc([C@@H]7CC[C@H](C)N7)[nH]c6c5)c5c4C4CCC5C4)cc3)[nH]2)C1. The van der Waals surface area contributed by atoms with Gasteiger partial charge >= 0.3 is 0 Å². The highest BCUT2D eigenvalue weighted by Crippen LogP contribution is 2.58. The minimum atomic E-state index is 0.333. The minimum absolute atomic E-state index is 0.333. The van der Waals surface area contributed by atoms with Crippen molar-refractivity contribution in [1.29, 1.82) is 0 Å². The van der Waals surface area contributed by atoms with Gasteiger partial charge in [0.2, 0.25) is 0 Å². The molecule has 0 amide bonds. The summed E-state index contributed by atoms with van der Waals surface area (Å²) in [5.74, 6) is 4.18. The summed E-state index contributed by atoms with van der Waals surface area (Å²) in [6, 6.07) is 22.0. The number of aromatic amines is 2. The summed E-state index contributed by atoms with van der Waals surface area (Å²) in [7, 11) is 0. The first kappa shape index (κ1) is 25.7. The third-order valence-corrected chi connectivity index (χ3v) is 10.8. The van der Waals surface area contributed by atoms with Gasteiger partial charge in [-0.05, 0) is 121 Å². The van der Waals surface area contributed by atoms with Gasteiger partial charge in [-0.1, -0.05) is 49.4 Å². The van der Waals surface area contributed by atoms with Crippen molar-refractivity contribution in [3.8, 4) is 33.5 Å². The van der Waals surface area contributed by atoms with Crippen LogP contribution in [0.15, 0.2) is 60.8 Å². The highest BCUT2D eigenvalue weighted by molar-refractivity contribution is 5.86. The summed E-state index contributed by atoms with van der Waals surface area (Å²) in [4.78, 5) is 16.9. The number of H-pyrrole nitrogens is 2. The van der Waals surface area contributed by atoms with Crippen LogP contribution in [0.25, 0.3) is 44.5 Å². The van der Waals surface area contributed by atoms with Gasteiger partial charge in [0.25, 0.3) is 0 Å². The molecule has 3 fully saturated rings. The Morgan fingerprint density at radius 2 is 1.44 bits per heavy atom. The molecule has 4 heterocycles. The second-order valence-corrected chi connectivity index (χ2v) is 13.8. The zero-order valence-corrected chi connectivity index (χ0v) is 25.1. The topological polar surface area (TPSA) is 81.4 Å². The van der Waals surface area contributed by atoms with Crippen LogP contribution in [0.2, 0.25) is 0 Å². The molecule has 5 aromatic rings. The third-order valence-electron chi connectivity index (χ3n) is 10.8. The number of hydrogen-bond donors (Lipinski definition) is 4. The lowest BCUT2D eigenvalue weighted by Gasteiger charge is -2.23. The molecule has 218 valence electrons. The van der Waals surface area contributed by atoms with Crippen LogP contribution < -0.4 is 10.6 Å². The molecule has 4 N–H and O–H groups in total. The van der Waals surface area contributed by atoms with Crippen molar-refractivity contribution in [3.05, 3.63) is 83.6 Å². The van der Waals surface area contributed by atoms with Crippen molar-refractivity contribution in [2.75, 3.05) is 6.54 Å². The van der Waals surface area contributed by atoms with Crippen molar-refractivity contribution < 1.29 is 0 Å². The molecular formula is C37H40N6. The predicted octanol–water partition coefficient (Wildman–Crippen LogP) is 8.14. The second-order valence-electron chi connectivity index (χ2n) is 13.8. The van der Waals surface area contributed by atoms with Crippen molar-refractivity contribution in [3.63, 3.8) is 0 Å². The Bertz CT molecular complexity index is 1830. The predicted molar refractivity (Wildman–Crippen MR) is 173 cm³/mol. The molecule has 2 aromatic heterocycles. The molecule has 0 radical (unpaired) electrons. The number of imidazole rings is 2. The Labute approximate surface area is 253 Å². The zero-order chi connectivity index (χ0) is 28.7. The maximum Gasteiger partial charge on any atom is 0.124 e. The molecule has 6 nitrogen and oxygen atoms in total. The molecule has 2 aliphatic heterocycles. The van der Waals surface area contributed by atoms with Crippen LogP contribution in [0.3, 0.4) is 0 Å². The van der Waals surface area contributed by atoms with E-state index in [1.54, 1.807) is 11.1 Å². The number of hydrogen-bond acceptors (Lipinski definition) is 4. The lowest BCUT2D eigenvalue weighted by Crippen LogP contribution is -2.21. The van der Waals surface area contributed by atoms with Gasteiger partial charge in [0.05, 0.1) is 35.0 Å². The van der Waals surface area contributed by atoms with Crippen LogP contribution in [0.1, 0.15) is 99.1 Å².